The van der Waals surface area contributed by atoms with E-state index in [9.17, 15) is 18.8 Å². The molecule has 0 fully saturated rings. The summed E-state index contributed by atoms with van der Waals surface area (Å²) in [7, 11) is -2.17. The van der Waals surface area contributed by atoms with Crippen molar-refractivity contribution in [3.63, 3.8) is 0 Å². The van der Waals surface area contributed by atoms with Gasteiger partial charge in [0, 0.05) is 17.5 Å². The van der Waals surface area contributed by atoms with E-state index in [0.29, 0.717) is 16.6 Å². The molecule has 224 valence electrons. The molecule has 3 aromatic rings. The molecule has 0 aliphatic rings. The monoisotopic (exact) mass is 614 g/mol. The lowest BCUT2D eigenvalue weighted by Gasteiger charge is -2.38. The number of primary amides is 1. The first-order chi connectivity index (χ1) is 19.6. The van der Waals surface area contributed by atoms with E-state index in [4.69, 9.17) is 28.3 Å². The number of hydrogen-bond donors (Lipinski definition) is 2. The van der Waals surface area contributed by atoms with E-state index in [1.54, 1.807) is 25.1 Å². The zero-order valence-corrected chi connectivity index (χ0v) is 26.4. The molecule has 0 aliphatic carbocycles. The van der Waals surface area contributed by atoms with Crippen LogP contribution in [-0.4, -0.2) is 59.9 Å². The number of aromatic nitrogens is 2. The number of carbonyl (C=O) groups is 3. The molecule has 2 aromatic carbocycles. The molecule has 1 heterocycles. The Morgan fingerprint density at radius 3 is 2.57 bits per heavy atom. The first kappa shape index (κ1) is 32.7. The van der Waals surface area contributed by atoms with Gasteiger partial charge in [0.05, 0.1) is 36.3 Å². The van der Waals surface area contributed by atoms with Gasteiger partial charge in [0.1, 0.15) is 12.4 Å². The average Bonchev–Trinajstić information content (AvgIpc) is 3.28. The molecule has 1 atom stereocenters. The fourth-order valence-corrected chi connectivity index (χ4v) is 5.26. The number of carbonyl (C=O) groups excluding carboxylic acids is 3. The molecule has 0 saturated heterocycles. The Morgan fingerprint density at radius 1 is 1.26 bits per heavy atom. The zero-order valence-electron chi connectivity index (χ0n) is 24.6. The predicted molar refractivity (Wildman–Crippen MR) is 162 cm³/mol. The molecule has 0 radical (unpaired) electrons. The highest BCUT2D eigenvalue weighted by molar-refractivity contribution is 6.74. The standard InChI is InChI=1S/C29H36ClFN6O4Si/c1-18(17-41-42(6,7)29(2,3)4)36(15-24(38)34-14-19-9-8-10-22(30)26(19)31)25(39)16-37-23-12-11-20(33-5)13-21(23)27(35-37)28(32)40/h8-13,18H,14-17H2,1-4,6-7H3,(H2,32,40)(H,34,38)/t18-/m1/s1. The molecule has 3 N–H and O–H groups in total. The van der Waals surface area contributed by atoms with Crippen molar-refractivity contribution in [2.75, 3.05) is 13.2 Å². The minimum absolute atomic E-state index is 0.0553. The van der Waals surface area contributed by atoms with Crippen molar-refractivity contribution >= 4 is 54.2 Å². The molecule has 0 spiro atoms. The average molecular weight is 615 g/mol. The largest absolute Gasteiger partial charge is 0.415 e. The summed E-state index contributed by atoms with van der Waals surface area (Å²) in [5.41, 5.74) is 6.40. The number of benzene rings is 2. The lowest BCUT2D eigenvalue weighted by molar-refractivity contribution is -0.139. The predicted octanol–water partition coefficient (Wildman–Crippen LogP) is 5.03. The van der Waals surface area contributed by atoms with Crippen LogP contribution < -0.4 is 11.1 Å². The van der Waals surface area contributed by atoms with Crippen LogP contribution in [0.3, 0.4) is 0 Å². The van der Waals surface area contributed by atoms with Gasteiger partial charge in [-0.25, -0.2) is 9.24 Å². The second kappa shape index (κ2) is 13.0. The van der Waals surface area contributed by atoms with Gasteiger partial charge in [-0.05, 0) is 43.3 Å². The summed E-state index contributed by atoms with van der Waals surface area (Å²) in [6, 6.07) is 8.64. The van der Waals surface area contributed by atoms with Crippen LogP contribution in [-0.2, 0) is 27.1 Å². The topological polar surface area (TPSA) is 124 Å². The number of nitrogens with zero attached hydrogens (tertiary/aromatic N) is 4. The zero-order chi connectivity index (χ0) is 31.4. The maximum absolute atomic E-state index is 14.3. The summed E-state index contributed by atoms with van der Waals surface area (Å²) in [4.78, 5) is 43.6. The van der Waals surface area contributed by atoms with Crippen LogP contribution in [0.4, 0.5) is 10.1 Å². The van der Waals surface area contributed by atoms with Gasteiger partial charge in [0.25, 0.3) is 5.91 Å². The minimum Gasteiger partial charge on any atom is -0.415 e. The fraction of sp³-hybridized carbons (Fsp3) is 0.414. The Kier molecular flexibility index (Phi) is 10.1. The number of amides is 3. The first-order valence-corrected chi connectivity index (χ1v) is 16.6. The third kappa shape index (κ3) is 7.53. The third-order valence-electron chi connectivity index (χ3n) is 7.55. The van der Waals surface area contributed by atoms with E-state index in [0.717, 1.165) is 0 Å². The SMILES string of the molecule is [C-]#[N+]c1ccc2c(c1)c(C(N)=O)nn2CC(=O)N(CC(=O)NCc1cccc(Cl)c1F)[C@H](C)CO[Si](C)(C)C(C)(C)C. The molecule has 0 saturated carbocycles. The van der Waals surface area contributed by atoms with Gasteiger partial charge in [0.15, 0.2) is 19.7 Å². The number of halogens is 2. The van der Waals surface area contributed by atoms with Gasteiger partial charge in [-0.2, -0.15) is 5.10 Å². The lowest BCUT2D eigenvalue weighted by atomic mass is 10.2. The summed E-state index contributed by atoms with van der Waals surface area (Å²) in [6.45, 7) is 19.0. The Morgan fingerprint density at radius 2 is 1.95 bits per heavy atom. The van der Waals surface area contributed by atoms with Gasteiger partial charge in [0.2, 0.25) is 11.8 Å². The highest BCUT2D eigenvalue weighted by Crippen LogP contribution is 2.36. The summed E-state index contributed by atoms with van der Waals surface area (Å²) >= 11 is 5.85. The fourth-order valence-electron chi connectivity index (χ4n) is 3.97. The Balaban J connectivity index is 1.87. The van der Waals surface area contributed by atoms with E-state index >= 15 is 0 Å². The molecule has 0 bridgehead atoms. The van der Waals surface area contributed by atoms with Crippen molar-refractivity contribution in [3.05, 3.63) is 69.9 Å². The number of hydrogen-bond acceptors (Lipinski definition) is 5. The first-order valence-electron chi connectivity index (χ1n) is 13.4. The lowest BCUT2D eigenvalue weighted by Crippen LogP contribution is -2.50. The molecular weight excluding hydrogens is 579 g/mol. The van der Waals surface area contributed by atoms with E-state index in [1.165, 1.54) is 27.8 Å². The van der Waals surface area contributed by atoms with Gasteiger partial charge >= 0.3 is 0 Å². The van der Waals surface area contributed by atoms with Gasteiger partial charge in [-0.15, -0.1) is 0 Å². The van der Waals surface area contributed by atoms with Crippen LogP contribution in [0.5, 0.6) is 0 Å². The van der Waals surface area contributed by atoms with Gasteiger partial charge in [-0.3, -0.25) is 19.1 Å². The van der Waals surface area contributed by atoms with E-state index in [-0.39, 0.29) is 47.6 Å². The summed E-state index contributed by atoms with van der Waals surface area (Å²) in [5, 5.41) is 7.13. The minimum atomic E-state index is -2.17. The number of rotatable bonds is 11. The Bertz CT molecular complexity index is 1550. The van der Waals surface area contributed by atoms with Crippen molar-refractivity contribution in [2.45, 2.75) is 65.0 Å². The van der Waals surface area contributed by atoms with Crippen molar-refractivity contribution in [1.82, 2.24) is 20.0 Å². The highest BCUT2D eigenvalue weighted by Gasteiger charge is 2.38. The van der Waals surface area contributed by atoms with E-state index in [2.05, 4.69) is 49.1 Å². The Hall–Kier alpha value is -3.79. The maximum Gasteiger partial charge on any atom is 0.269 e. The second-order valence-corrected chi connectivity index (χ2v) is 16.8. The van der Waals surface area contributed by atoms with Gasteiger partial charge in [-0.1, -0.05) is 50.6 Å². The van der Waals surface area contributed by atoms with Crippen LogP contribution in [0, 0.1) is 12.4 Å². The van der Waals surface area contributed by atoms with Crippen LogP contribution in [0.25, 0.3) is 15.7 Å². The smallest absolute Gasteiger partial charge is 0.269 e. The summed E-state index contributed by atoms with van der Waals surface area (Å²) in [6.07, 6.45) is 0. The number of nitrogens with two attached hydrogens (primary N) is 1. The number of nitrogens with one attached hydrogen (secondary N) is 1. The quantitative estimate of drug-likeness (QED) is 0.231. The van der Waals surface area contributed by atoms with E-state index in [1.807, 2.05) is 0 Å². The molecule has 10 nitrogen and oxygen atoms in total. The normalized spacial score (nSPS) is 12.5. The van der Waals surface area contributed by atoms with Crippen molar-refractivity contribution in [1.29, 1.82) is 0 Å². The molecule has 1 aromatic heterocycles. The summed E-state index contributed by atoms with van der Waals surface area (Å²) in [5.74, 6) is -2.39. The van der Waals surface area contributed by atoms with Crippen molar-refractivity contribution in [2.24, 2.45) is 5.73 Å². The molecule has 3 rings (SSSR count). The van der Waals surface area contributed by atoms with E-state index < -0.39 is 37.9 Å². The Labute approximate surface area is 250 Å². The molecule has 13 heteroatoms. The molecule has 0 unspecified atom stereocenters. The van der Waals surface area contributed by atoms with Crippen molar-refractivity contribution < 1.29 is 23.2 Å². The second-order valence-electron chi connectivity index (χ2n) is 11.6. The van der Waals surface area contributed by atoms with Crippen LogP contribution in [0.2, 0.25) is 23.2 Å². The summed E-state index contributed by atoms with van der Waals surface area (Å²) < 4.78 is 22.0. The van der Waals surface area contributed by atoms with Crippen LogP contribution >= 0.6 is 11.6 Å². The molecular formula is C29H36ClFN6O4Si. The number of fused-ring (bicyclic) bond motifs is 1. The molecule has 0 aliphatic heterocycles. The highest BCUT2D eigenvalue weighted by atomic mass is 35.5. The molecule has 42 heavy (non-hydrogen) atoms. The maximum atomic E-state index is 14.3. The third-order valence-corrected chi connectivity index (χ3v) is 12.3. The van der Waals surface area contributed by atoms with Gasteiger partial charge < -0.3 is 20.4 Å². The van der Waals surface area contributed by atoms with Crippen molar-refractivity contribution in [3.8, 4) is 0 Å². The van der Waals surface area contributed by atoms with Crippen LogP contribution in [0.15, 0.2) is 36.4 Å². The molecule has 3 amide bonds. The van der Waals surface area contributed by atoms with Crippen LogP contribution in [0.1, 0.15) is 43.7 Å².